The molecule has 3 rings (SSSR count). The molecule has 3 aromatic rings. The average Bonchev–Trinajstić information content (AvgIpc) is 2.88. The van der Waals surface area contributed by atoms with Crippen LogP contribution in [-0.4, -0.2) is 0 Å². The van der Waals surface area contributed by atoms with Crippen LogP contribution in [0.2, 0.25) is 0 Å². The van der Waals surface area contributed by atoms with E-state index in [1.807, 2.05) is 18.2 Å². The van der Waals surface area contributed by atoms with Crippen LogP contribution in [0.1, 0.15) is 29.9 Å². The molecule has 2 aromatic carbocycles. The second-order valence-corrected chi connectivity index (χ2v) is 6.14. The number of para-hydroxylation sites is 1. The predicted molar refractivity (Wildman–Crippen MR) is 90.4 cm³/mol. The normalized spacial score (nSPS) is 12.7. The summed E-state index contributed by atoms with van der Waals surface area (Å²) >= 11 is 3.46. The quantitative estimate of drug-likeness (QED) is 0.723. The first-order valence-electron chi connectivity index (χ1n) is 7.19. The summed E-state index contributed by atoms with van der Waals surface area (Å²) in [5, 5.41) is 1.14. The van der Waals surface area contributed by atoms with Crippen molar-refractivity contribution in [3.63, 3.8) is 0 Å². The molecule has 0 fully saturated rings. The van der Waals surface area contributed by atoms with Crippen LogP contribution < -0.4 is 5.73 Å². The summed E-state index contributed by atoms with van der Waals surface area (Å²) in [5.74, 6) is 1.00. The largest absolute Gasteiger partial charge is 0.461 e. The SMILES string of the molecule is CCc1oc2ccccc2c1C(N)Cc1ccc(Br)cc1. The molecule has 0 aliphatic carbocycles. The molecular formula is C18H18BrNO. The molecule has 0 aliphatic heterocycles. The summed E-state index contributed by atoms with van der Waals surface area (Å²) in [6.45, 7) is 2.10. The predicted octanol–water partition coefficient (Wildman–Crippen LogP) is 5.00. The first-order valence-corrected chi connectivity index (χ1v) is 7.98. The second-order valence-electron chi connectivity index (χ2n) is 5.23. The van der Waals surface area contributed by atoms with E-state index in [9.17, 15) is 0 Å². The highest BCUT2D eigenvalue weighted by Gasteiger charge is 2.19. The van der Waals surface area contributed by atoms with Crippen LogP contribution in [0.5, 0.6) is 0 Å². The smallest absolute Gasteiger partial charge is 0.134 e. The van der Waals surface area contributed by atoms with Gasteiger partial charge in [0.25, 0.3) is 0 Å². The molecule has 2 nitrogen and oxygen atoms in total. The summed E-state index contributed by atoms with van der Waals surface area (Å²) in [4.78, 5) is 0. The number of halogens is 1. The molecule has 1 heterocycles. The summed E-state index contributed by atoms with van der Waals surface area (Å²) in [7, 11) is 0. The minimum atomic E-state index is -0.0511. The molecule has 108 valence electrons. The van der Waals surface area contributed by atoms with E-state index in [4.69, 9.17) is 10.2 Å². The highest BCUT2D eigenvalue weighted by atomic mass is 79.9. The van der Waals surface area contributed by atoms with E-state index in [1.54, 1.807) is 0 Å². The van der Waals surface area contributed by atoms with Crippen LogP contribution >= 0.6 is 15.9 Å². The molecule has 1 aromatic heterocycles. The number of benzene rings is 2. The molecular weight excluding hydrogens is 326 g/mol. The van der Waals surface area contributed by atoms with Gasteiger partial charge in [-0.25, -0.2) is 0 Å². The van der Waals surface area contributed by atoms with Crippen molar-refractivity contribution in [2.24, 2.45) is 5.73 Å². The first kappa shape index (κ1) is 14.4. The standard InChI is InChI=1S/C18H18BrNO/c1-2-16-18(14-5-3-4-6-17(14)21-16)15(20)11-12-7-9-13(19)10-8-12/h3-10,15H,2,11,20H2,1H3. The molecule has 21 heavy (non-hydrogen) atoms. The van der Waals surface area contributed by atoms with Gasteiger partial charge in [-0.05, 0) is 30.2 Å². The summed E-state index contributed by atoms with van der Waals surface area (Å²) in [6, 6.07) is 16.4. The van der Waals surface area contributed by atoms with E-state index in [-0.39, 0.29) is 6.04 Å². The van der Waals surface area contributed by atoms with E-state index < -0.39 is 0 Å². The highest BCUT2D eigenvalue weighted by Crippen LogP contribution is 2.32. The minimum absolute atomic E-state index is 0.0511. The fourth-order valence-corrected chi connectivity index (χ4v) is 3.03. The Morgan fingerprint density at radius 1 is 1.10 bits per heavy atom. The lowest BCUT2D eigenvalue weighted by Gasteiger charge is -2.12. The third-order valence-electron chi connectivity index (χ3n) is 3.77. The molecule has 0 radical (unpaired) electrons. The van der Waals surface area contributed by atoms with Crippen molar-refractivity contribution in [1.29, 1.82) is 0 Å². The van der Waals surface area contributed by atoms with Gasteiger partial charge in [0, 0.05) is 27.9 Å². The number of rotatable bonds is 4. The van der Waals surface area contributed by atoms with E-state index >= 15 is 0 Å². The fourth-order valence-electron chi connectivity index (χ4n) is 2.76. The van der Waals surface area contributed by atoms with Gasteiger partial charge in [0.1, 0.15) is 11.3 Å². The molecule has 0 spiro atoms. The summed E-state index contributed by atoms with van der Waals surface area (Å²) in [5.41, 5.74) is 9.79. The molecule has 0 saturated carbocycles. The monoisotopic (exact) mass is 343 g/mol. The van der Waals surface area contributed by atoms with Crippen molar-refractivity contribution in [2.75, 3.05) is 0 Å². The average molecular weight is 344 g/mol. The van der Waals surface area contributed by atoms with Crippen LogP contribution in [0.15, 0.2) is 57.4 Å². The number of furan rings is 1. The zero-order valence-corrected chi connectivity index (χ0v) is 13.6. The van der Waals surface area contributed by atoms with Gasteiger partial charge in [0.15, 0.2) is 0 Å². The van der Waals surface area contributed by atoms with E-state index in [0.717, 1.165) is 39.6 Å². The van der Waals surface area contributed by atoms with E-state index in [2.05, 4.69) is 53.2 Å². The van der Waals surface area contributed by atoms with Crippen molar-refractivity contribution in [1.82, 2.24) is 0 Å². The van der Waals surface area contributed by atoms with Gasteiger partial charge >= 0.3 is 0 Å². The Morgan fingerprint density at radius 2 is 1.81 bits per heavy atom. The van der Waals surface area contributed by atoms with Crippen molar-refractivity contribution in [3.05, 3.63) is 69.9 Å². The van der Waals surface area contributed by atoms with Gasteiger partial charge in [-0.15, -0.1) is 0 Å². The second kappa shape index (κ2) is 6.04. The summed E-state index contributed by atoms with van der Waals surface area (Å²) < 4.78 is 7.02. The van der Waals surface area contributed by atoms with E-state index in [0.29, 0.717) is 0 Å². The zero-order valence-electron chi connectivity index (χ0n) is 12.0. The maximum atomic E-state index is 6.48. The van der Waals surface area contributed by atoms with Gasteiger partial charge in [-0.1, -0.05) is 53.2 Å². The van der Waals surface area contributed by atoms with Gasteiger partial charge in [0.05, 0.1) is 0 Å². The van der Waals surface area contributed by atoms with Gasteiger partial charge in [-0.2, -0.15) is 0 Å². The van der Waals surface area contributed by atoms with Crippen LogP contribution in [0, 0.1) is 0 Å². The lowest BCUT2D eigenvalue weighted by atomic mass is 9.96. The third-order valence-corrected chi connectivity index (χ3v) is 4.30. The number of fused-ring (bicyclic) bond motifs is 1. The molecule has 0 aliphatic rings. The van der Waals surface area contributed by atoms with Gasteiger partial charge < -0.3 is 10.2 Å². The number of nitrogens with two attached hydrogens (primary N) is 1. The lowest BCUT2D eigenvalue weighted by molar-refractivity contribution is 0.540. The van der Waals surface area contributed by atoms with Crippen molar-refractivity contribution in [3.8, 4) is 0 Å². The Balaban J connectivity index is 1.96. The molecule has 1 unspecified atom stereocenters. The zero-order chi connectivity index (χ0) is 14.8. The number of hydrogen-bond acceptors (Lipinski definition) is 2. The maximum Gasteiger partial charge on any atom is 0.134 e. The van der Waals surface area contributed by atoms with Crippen molar-refractivity contribution < 1.29 is 4.42 Å². The topological polar surface area (TPSA) is 39.2 Å². The molecule has 1 atom stereocenters. The van der Waals surface area contributed by atoms with Gasteiger partial charge in [-0.3, -0.25) is 0 Å². The number of aryl methyl sites for hydroxylation is 1. The molecule has 3 heteroatoms. The molecule has 0 saturated heterocycles. The van der Waals surface area contributed by atoms with Gasteiger partial charge in [0.2, 0.25) is 0 Å². The molecule has 0 bridgehead atoms. The Hall–Kier alpha value is -1.58. The Morgan fingerprint density at radius 3 is 2.52 bits per heavy atom. The molecule has 2 N–H and O–H groups in total. The number of hydrogen-bond donors (Lipinski definition) is 1. The Bertz CT molecular complexity index is 746. The van der Waals surface area contributed by atoms with Crippen molar-refractivity contribution in [2.45, 2.75) is 25.8 Å². The molecule has 0 amide bonds. The van der Waals surface area contributed by atoms with Crippen LogP contribution in [0.4, 0.5) is 0 Å². The Labute approximate surface area is 133 Å². The maximum absolute atomic E-state index is 6.48. The first-order chi connectivity index (χ1) is 10.2. The Kier molecular flexibility index (Phi) is 4.13. The third kappa shape index (κ3) is 2.89. The van der Waals surface area contributed by atoms with Crippen LogP contribution in [-0.2, 0) is 12.8 Å². The minimum Gasteiger partial charge on any atom is -0.461 e. The lowest BCUT2D eigenvalue weighted by Crippen LogP contribution is -2.14. The van der Waals surface area contributed by atoms with Crippen molar-refractivity contribution >= 4 is 26.9 Å². The van der Waals surface area contributed by atoms with E-state index in [1.165, 1.54) is 5.56 Å². The fraction of sp³-hybridized carbons (Fsp3) is 0.222. The van der Waals surface area contributed by atoms with Crippen LogP contribution in [0.25, 0.3) is 11.0 Å². The highest BCUT2D eigenvalue weighted by molar-refractivity contribution is 9.10. The van der Waals surface area contributed by atoms with Crippen LogP contribution in [0.3, 0.4) is 0 Å². The summed E-state index contributed by atoms with van der Waals surface area (Å²) in [6.07, 6.45) is 1.67.